The number of nitrogens with zero attached hydrogens (tertiary/aromatic N) is 4. The molecule has 0 bridgehead atoms. The molecular weight excluding hydrogens is 398 g/mol. The van der Waals surface area contributed by atoms with Crippen molar-refractivity contribution in [2.24, 2.45) is 10.9 Å². The van der Waals surface area contributed by atoms with Crippen LogP contribution in [-0.2, 0) is 6.54 Å². The van der Waals surface area contributed by atoms with E-state index in [1.807, 2.05) is 18.4 Å². The van der Waals surface area contributed by atoms with Gasteiger partial charge >= 0.3 is 0 Å². The Morgan fingerprint density at radius 2 is 2.08 bits per heavy atom. The fourth-order valence-electron chi connectivity index (χ4n) is 3.78. The molecule has 2 aliphatic rings. The van der Waals surface area contributed by atoms with Crippen LogP contribution in [0.5, 0.6) is 0 Å². The third kappa shape index (κ3) is 5.67. The molecular formula is C18H30BrN5S. The summed E-state index contributed by atoms with van der Waals surface area (Å²) < 4.78 is 1.22. The maximum absolute atomic E-state index is 4.52. The number of aliphatic imine (C=N–C) groups is 1. The maximum Gasteiger partial charge on any atom is 0.193 e. The normalized spacial score (nSPS) is 23.9. The molecule has 1 atom stereocenters. The number of piperidine rings is 1. The van der Waals surface area contributed by atoms with E-state index >= 15 is 0 Å². The summed E-state index contributed by atoms with van der Waals surface area (Å²) >= 11 is 5.39. The highest BCUT2D eigenvalue weighted by Gasteiger charge is 2.22. The first-order valence-corrected chi connectivity index (χ1v) is 10.9. The Morgan fingerprint density at radius 1 is 1.28 bits per heavy atom. The van der Waals surface area contributed by atoms with Crippen LogP contribution in [0, 0.1) is 5.92 Å². The number of rotatable bonds is 4. The third-order valence-electron chi connectivity index (χ3n) is 5.16. The van der Waals surface area contributed by atoms with E-state index in [2.05, 4.69) is 60.1 Å². The number of hydrogen-bond acceptors (Lipinski definition) is 4. The van der Waals surface area contributed by atoms with Gasteiger partial charge in [-0.25, -0.2) is 0 Å². The Labute approximate surface area is 164 Å². The lowest BCUT2D eigenvalue weighted by Crippen LogP contribution is -2.53. The fraction of sp³-hybridized carbons (Fsp3) is 0.722. The van der Waals surface area contributed by atoms with Crippen LogP contribution in [0.4, 0.5) is 0 Å². The van der Waals surface area contributed by atoms with Gasteiger partial charge in [-0.15, -0.1) is 11.3 Å². The molecule has 25 heavy (non-hydrogen) atoms. The molecule has 140 valence electrons. The van der Waals surface area contributed by atoms with Gasteiger partial charge < -0.3 is 15.1 Å². The van der Waals surface area contributed by atoms with Crippen molar-refractivity contribution in [3.8, 4) is 0 Å². The van der Waals surface area contributed by atoms with Crippen molar-refractivity contribution < 1.29 is 0 Å². The van der Waals surface area contributed by atoms with E-state index in [0.717, 1.165) is 51.1 Å². The quantitative estimate of drug-likeness (QED) is 0.591. The van der Waals surface area contributed by atoms with Crippen molar-refractivity contribution in [1.82, 2.24) is 20.0 Å². The van der Waals surface area contributed by atoms with E-state index in [1.165, 1.54) is 34.6 Å². The van der Waals surface area contributed by atoms with Gasteiger partial charge in [-0.3, -0.25) is 9.89 Å². The second-order valence-corrected chi connectivity index (χ2v) is 9.72. The van der Waals surface area contributed by atoms with Gasteiger partial charge in [0.05, 0.1) is 3.79 Å². The predicted molar refractivity (Wildman–Crippen MR) is 110 cm³/mol. The van der Waals surface area contributed by atoms with E-state index < -0.39 is 0 Å². The summed E-state index contributed by atoms with van der Waals surface area (Å²) in [6.07, 6.45) is 2.65. The number of thiophene rings is 1. The zero-order chi connectivity index (χ0) is 17.6. The van der Waals surface area contributed by atoms with Crippen molar-refractivity contribution in [2.75, 3.05) is 59.9 Å². The average molecular weight is 428 g/mol. The molecule has 1 aromatic heterocycles. The predicted octanol–water partition coefficient (Wildman–Crippen LogP) is 2.55. The van der Waals surface area contributed by atoms with Gasteiger partial charge in [0.2, 0.25) is 0 Å². The highest BCUT2D eigenvalue weighted by Crippen LogP contribution is 2.23. The van der Waals surface area contributed by atoms with E-state index in [0.29, 0.717) is 0 Å². The molecule has 1 aromatic rings. The number of likely N-dealkylation sites (tertiary alicyclic amines) is 1. The van der Waals surface area contributed by atoms with Gasteiger partial charge in [-0.05, 0) is 60.4 Å². The average Bonchev–Trinajstić information content (AvgIpc) is 3.02. The van der Waals surface area contributed by atoms with Gasteiger partial charge in [0, 0.05) is 57.7 Å². The third-order valence-corrected chi connectivity index (χ3v) is 6.77. The lowest BCUT2D eigenvalue weighted by atomic mass is 9.98. The van der Waals surface area contributed by atoms with Crippen LogP contribution in [0.25, 0.3) is 0 Å². The van der Waals surface area contributed by atoms with Crippen LogP contribution < -0.4 is 5.32 Å². The van der Waals surface area contributed by atoms with Gasteiger partial charge in [0.25, 0.3) is 0 Å². The van der Waals surface area contributed by atoms with E-state index in [9.17, 15) is 0 Å². The summed E-state index contributed by atoms with van der Waals surface area (Å²) in [4.78, 5) is 13.4. The largest absolute Gasteiger partial charge is 0.356 e. The Hall–Kier alpha value is -0.630. The molecule has 0 amide bonds. The lowest BCUT2D eigenvalue weighted by molar-refractivity contribution is 0.171. The van der Waals surface area contributed by atoms with Gasteiger partial charge in [-0.2, -0.15) is 0 Å². The van der Waals surface area contributed by atoms with Crippen LogP contribution in [0.15, 0.2) is 20.9 Å². The van der Waals surface area contributed by atoms with Crippen molar-refractivity contribution in [3.05, 3.63) is 20.8 Å². The summed E-state index contributed by atoms with van der Waals surface area (Å²) in [5, 5.41) is 3.62. The first-order chi connectivity index (χ1) is 12.1. The van der Waals surface area contributed by atoms with Crippen LogP contribution in [0.1, 0.15) is 17.7 Å². The Morgan fingerprint density at radius 3 is 2.72 bits per heavy atom. The summed E-state index contributed by atoms with van der Waals surface area (Å²) in [6, 6.07) is 4.37. The number of halogens is 1. The molecule has 1 unspecified atom stereocenters. The molecule has 0 saturated carbocycles. The first kappa shape index (κ1) is 19.1. The summed E-state index contributed by atoms with van der Waals surface area (Å²) in [5.41, 5.74) is 0. The summed E-state index contributed by atoms with van der Waals surface area (Å²) in [7, 11) is 4.14. The molecule has 5 nitrogen and oxygen atoms in total. The molecule has 2 fully saturated rings. The van der Waals surface area contributed by atoms with E-state index in [4.69, 9.17) is 0 Å². The standard InChI is InChI=1S/C18H30BrN5S/c1-20-18(21-12-15-4-3-7-22(2)13-15)24-10-8-23(9-11-24)14-16-5-6-17(19)25-16/h5-6,15H,3-4,7-14H2,1-2H3,(H,20,21). The smallest absolute Gasteiger partial charge is 0.193 e. The maximum atomic E-state index is 4.52. The molecule has 3 rings (SSSR count). The van der Waals surface area contributed by atoms with Crippen molar-refractivity contribution in [1.29, 1.82) is 0 Å². The molecule has 0 aliphatic carbocycles. The van der Waals surface area contributed by atoms with Crippen LogP contribution in [0.3, 0.4) is 0 Å². The SMILES string of the molecule is CN=C(NCC1CCCN(C)C1)N1CCN(Cc2ccc(Br)s2)CC1. The van der Waals surface area contributed by atoms with Crippen molar-refractivity contribution in [3.63, 3.8) is 0 Å². The molecule has 3 heterocycles. The summed E-state index contributed by atoms with van der Waals surface area (Å²) in [5.74, 6) is 1.82. The monoisotopic (exact) mass is 427 g/mol. The fourth-order valence-corrected chi connectivity index (χ4v) is 5.31. The molecule has 2 aliphatic heterocycles. The minimum atomic E-state index is 0.745. The van der Waals surface area contributed by atoms with Crippen molar-refractivity contribution >= 4 is 33.2 Å². The molecule has 1 N–H and O–H groups in total. The molecule has 7 heteroatoms. The van der Waals surface area contributed by atoms with E-state index in [-0.39, 0.29) is 0 Å². The zero-order valence-electron chi connectivity index (χ0n) is 15.4. The van der Waals surface area contributed by atoms with Gasteiger partial charge in [0.15, 0.2) is 5.96 Å². The molecule has 0 spiro atoms. The first-order valence-electron chi connectivity index (χ1n) is 9.25. The number of hydrogen-bond donors (Lipinski definition) is 1. The second-order valence-electron chi connectivity index (χ2n) is 7.17. The topological polar surface area (TPSA) is 34.1 Å². The van der Waals surface area contributed by atoms with Gasteiger partial charge in [0.1, 0.15) is 0 Å². The van der Waals surface area contributed by atoms with Gasteiger partial charge in [-0.1, -0.05) is 0 Å². The zero-order valence-corrected chi connectivity index (χ0v) is 17.8. The second kappa shape index (κ2) is 9.35. The molecule has 2 saturated heterocycles. The minimum Gasteiger partial charge on any atom is -0.356 e. The number of nitrogens with one attached hydrogen (secondary N) is 1. The highest BCUT2D eigenvalue weighted by atomic mass is 79.9. The van der Waals surface area contributed by atoms with Crippen molar-refractivity contribution in [2.45, 2.75) is 19.4 Å². The van der Waals surface area contributed by atoms with Crippen LogP contribution in [0.2, 0.25) is 0 Å². The Kier molecular flexibility index (Phi) is 7.16. The lowest BCUT2D eigenvalue weighted by Gasteiger charge is -2.37. The van der Waals surface area contributed by atoms with Crippen LogP contribution in [-0.4, -0.2) is 80.6 Å². The summed E-state index contributed by atoms with van der Waals surface area (Å²) in [6.45, 7) is 8.85. The molecule has 0 aromatic carbocycles. The number of piperazine rings is 1. The molecule has 0 radical (unpaired) electrons. The van der Waals surface area contributed by atoms with E-state index in [1.54, 1.807) is 0 Å². The Balaban J connectivity index is 1.42. The highest BCUT2D eigenvalue weighted by molar-refractivity contribution is 9.11. The van der Waals surface area contributed by atoms with Crippen LogP contribution >= 0.6 is 27.3 Å². The number of guanidine groups is 1. The minimum absolute atomic E-state index is 0.745. The Bertz CT molecular complexity index is 568.